The molecule has 3 nitrogen and oxygen atoms in total. The van der Waals surface area contributed by atoms with Gasteiger partial charge in [0.2, 0.25) is 0 Å². The molecular weight excluding hydrogens is 232 g/mol. The summed E-state index contributed by atoms with van der Waals surface area (Å²) >= 11 is 0. The van der Waals surface area contributed by atoms with E-state index in [1.807, 2.05) is 42.7 Å². The first-order valence-corrected chi connectivity index (χ1v) is 6.50. The van der Waals surface area contributed by atoms with Crippen molar-refractivity contribution in [2.75, 3.05) is 0 Å². The van der Waals surface area contributed by atoms with E-state index in [1.54, 1.807) is 0 Å². The van der Waals surface area contributed by atoms with Gasteiger partial charge in [0.25, 0.3) is 0 Å². The van der Waals surface area contributed by atoms with Crippen LogP contribution in [0.3, 0.4) is 0 Å². The van der Waals surface area contributed by atoms with E-state index < -0.39 is 10.5 Å². The maximum atomic E-state index is 9.33. The number of hydrogen-bond donors (Lipinski definition) is 1. The minimum Gasteiger partial charge on any atom is -0.410 e. The van der Waals surface area contributed by atoms with Gasteiger partial charge in [0.05, 0.1) is 4.86 Å². The number of aryl methyl sites for hydroxylation is 1. The number of rotatable bonds is 1. The summed E-state index contributed by atoms with van der Waals surface area (Å²) in [5.74, 6) is 0. The molecule has 4 heteroatoms. The highest BCUT2D eigenvalue weighted by atomic mass is 32.2. The van der Waals surface area contributed by atoms with E-state index in [0.717, 1.165) is 11.1 Å². The van der Waals surface area contributed by atoms with Crippen LogP contribution in [0.15, 0.2) is 40.9 Å². The molecule has 0 fully saturated rings. The number of benzene rings is 1. The third-order valence-electron chi connectivity index (χ3n) is 2.60. The van der Waals surface area contributed by atoms with E-state index in [1.165, 1.54) is 0 Å². The Morgan fingerprint density at radius 1 is 1.47 bits per heavy atom. The summed E-state index contributed by atoms with van der Waals surface area (Å²) < 4.78 is 0. The zero-order chi connectivity index (χ0) is 12.3. The first kappa shape index (κ1) is 11.6. The van der Waals surface area contributed by atoms with Gasteiger partial charge >= 0.3 is 0 Å². The Morgan fingerprint density at radius 3 is 2.88 bits per heavy atom. The van der Waals surface area contributed by atoms with Gasteiger partial charge in [-0.2, -0.15) is 5.26 Å². The van der Waals surface area contributed by atoms with Crippen LogP contribution in [0, 0.1) is 18.3 Å². The average Bonchev–Trinajstić information content (AvgIpc) is 2.81. The van der Waals surface area contributed by atoms with Crippen LogP contribution in [0.1, 0.15) is 17.5 Å². The van der Waals surface area contributed by atoms with Gasteiger partial charge in [0, 0.05) is 12.0 Å². The van der Waals surface area contributed by atoms with Gasteiger partial charge in [-0.05, 0) is 17.9 Å². The van der Waals surface area contributed by atoms with Crippen LogP contribution in [0.5, 0.6) is 0 Å². The van der Waals surface area contributed by atoms with Crippen molar-refractivity contribution >= 4 is 20.4 Å². The molecule has 0 bridgehead atoms. The molecule has 1 aromatic carbocycles. The highest BCUT2D eigenvalue weighted by Gasteiger charge is 2.16. The number of allylic oxidation sites excluding steroid dienone is 1. The minimum absolute atomic E-state index is 0.489. The van der Waals surface area contributed by atoms with Crippen LogP contribution >= 0.6 is 10.5 Å². The summed E-state index contributed by atoms with van der Waals surface area (Å²) in [6.07, 6.45) is 2.56. The molecule has 1 unspecified atom stereocenters. The van der Waals surface area contributed by atoms with E-state index in [4.69, 9.17) is 5.21 Å². The Bertz CT molecular complexity index is 579. The van der Waals surface area contributed by atoms with Gasteiger partial charge in [0.1, 0.15) is 11.1 Å². The number of hydrogen-bond acceptors (Lipinski definition) is 3. The van der Waals surface area contributed by atoms with E-state index in [2.05, 4.69) is 11.2 Å². The Balaban J connectivity index is 2.63. The second-order valence-electron chi connectivity index (χ2n) is 3.66. The number of nitriles is 1. The van der Waals surface area contributed by atoms with Gasteiger partial charge in [-0.1, -0.05) is 46.0 Å². The molecule has 1 heterocycles. The SMILES string of the molecule is Cc1ccccc1/C(C#N)=S1/C=CC/C1=N\O. The lowest BCUT2D eigenvalue weighted by Crippen LogP contribution is -2.03. The highest BCUT2D eigenvalue weighted by Crippen LogP contribution is 2.31. The Labute approximate surface area is 103 Å². The molecule has 0 aromatic heterocycles. The zero-order valence-electron chi connectivity index (χ0n) is 9.42. The van der Waals surface area contributed by atoms with Gasteiger partial charge < -0.3 is 5.21 Å². The summed E-state index contributed by atoms with van der Waals surface area (Å²) in [4.78, 5) is 0.671. The first-order chi connectivity index (χ1) is 8.27. The predicted octanol–water partition coefficient (Wildman–Crippen LogP) is 3.01. The van der Waals surface area contributed by atoms with Crippen molar-refractivity contribution in [3.05, 3.63) is 46.9 Å². The molecular formula is C13H12N2OS. The lowest BCUT2D eigenvalue weighted by Gasteiger charge is -2.07. The summed E-state index contributed by atoms with van der Waals surface area (Å²) in [5.41, 5.74) is 2.00. The van der Waals surface area contributed by atoms with Crippen LogP contribution in [0.25, 0.3) is 0 Å². The molecule has 0 saturated heterocycles. The van der Waals surface area contributed by atoms with Gasteiger partial charge in [-0.15, -0.1) is 0 Å². The van der Waals surface area contributed by atoms with Crippen LogP contribution in [0.2, 0.25) is 0 Å². The summed E-state index contributed by atoms with van der Waals surface area (Å²) in [5, 5.41) is 24.1. The first-order valence-electron chi connectivity index (χ1n) is 5.21. The quantitative estimate of drug-likeness (QED) is 0.357. The number of oxime groups is 1. The van der Waals surface area contributed by atoms with Gasteiger partial charge in [-0.25, -0.2) is 0 Å². The molecule has 1 aliphatic rings. The zero-order valence-corrected chi connectivity index (χ0v) is 10.2. The maximum absolute atomic E-state index is 9.33. The summed E-state index contributed by atoms with van der Waals surface area (Å²) in [7, 11) is -0.489. The lowest BCUT2D eigenvalue weighted by atomic mass is 10.1. The monoisotopic (exact) mass is 244 g/mol. The second kappa shape index (κ2) is 4.98. The molecule has 1 aromatic rings. The van der Waals surface area contributed by atoms with Crippen LogP contribution in [0.4, 0.5) is 0 Å². The van der Waals surface area contributed by atoms with Crippen molar-refractivity contribution in [3.63, 3.8) is 0 Å². The van der Waals surface area contributed by atoms with Crippen LogP contribution < -0.4 is 0 Å². The van der Waals surface area contributed by atoms with Crippen molar-refractivity contribution in [2.24, 2.45) is 5.16 Å². The molecule has 0 spiro atoms. The van der Waals surface area contributed by atoms with Crippen molar-refractivity contribution in [1.82, 2.24) is 0 Å². The molecule has 0 radical (unpaired) electrons. The van der Waals surface area contributed by atoms with Crippen molar-refractivity contribution in [3.8, 4) is 6.07 Å². The van der Waals surface area contributed by atoms with Crippen molar-refractivity contribution < 1.29 is 5.21 Å². The average molecular weight is 244 g/mol. The molecule has 0 amide bonds. The smallest absolute Gasteiger partial charge is 0.116 e. The van der Waals surface area contributed by atoms with Crippen LogP contribution in [-0.2, 0) is 0 Å². The van der Waals surface area contributed by atoms with Gasteiger partial charge in [0.15, 0.2) is 0 Å². The standard InChI is InChI=1S/C13H12N2OS/c1-10-5-2-3-6-11(10)12(9-14)17-8-4-7-13(17)15-16/h2-6,8,16H,7H2,1H3/b15-13+. The largest absolute Gasteiger partial charge is 0.410 e. The van der Waals surface area contributed by atoms with Crippen molar-refractivity contribution in [2.45, 2.75) is 13.3 Å². The fourth-order valence-corrected chi connectivity index (χ4v) is 3.49. The molecule has 0 aliphatic carbocycles. The van der Waals surface area contributed by atoms with Crippen molar-refractivity contribution in [1.29, 1.82) is 5.26 Å². The van der Waals surface area contributed by atoms with E-state index in [0.29, 0.717) is 16.3 Å². The molecule has 1 N–H and O–H groups in total. The molecule has 86 valence electrons. The minimum atomic E-state index is -0.489. The topological polar surface area (TPSA) is 56.4 Å². The fourth-order valence-electron chi connectivity index (χ4n) is 1.74. The molecule has 2 rings (SSSR count). The molecule has 0 saturated carbocycles. The Kier molecular flexibility index (Phi) is 3.40. The number of nitrogens with zero attached hydrogens (tertiary/aromatic N) is 2. The maximum Gasteiger partial charge on any atom is 0.116 e. The lowest BCUT2D eigenvalue weighted by molar-refractivity contribution is 0.320. The summed E-state index contributed by atoms with van der Waals surface area (Å²) in [6.45, 7) is 1.98. The predicted molar refractivity (Wildman–Crippen MR) is 71.5 cm³/mol. The van der Waals surface area contributed by atoms with E-state index >= 15 is 0 Å². The third kappa shape index (κ3) is 2.15. The summed E-state index contributed by atoms with van der Waals surface area (Å²) in [6, 6.07) is 10.0. The second-order valence-corrected chi connectivity index (χ2v) is 5.49. The molecule has 1 aliphatic heterocycles. The van der Waals surface area contributed by atoms with Crippen LogP contribution in [-0.4, -0.2) is 15.1 Å². The Hall–Kier alpha value is -1.86. The van der Waals surface area contributed by atoms with E-state index in [9.17, 15) is 5.26 Å². The normalized spacial score (nSPS) is 21.5. The molecule has 17 heavy (non-hydrogen) atoms. The van der Waals surface area contributed by atoms with E-state index in [-0.39, 0.29) is 0 Å². The van der Waals surface area contributed by atoms with Gasteiger partial charge in [-0.3, -0.25) is 0 Å². The fraction of sp³-hybridized carbons (Fsp3) is 0.154. The Morgan fingerprint density at radius 2 is 2.24 bits per heavy atom. The highest BCUT2D eigenvalue weighted by molar-refractivity contribution is 8.31. The molecule has 1 atom stereocenters. The third-order valence-corrected chi connectivity index (χ3v) is 4.57.